The highest BCUT2D eigenvalue weighted by atomic mass is 32.1. The van der Waals surface area contributed by atoms with Gasteiger partial charge in [-0.05, 0) is 19.9 Å². The Kier molecular flexibility index (Phi) is 4.52. The number of carbonyl (C=O) groups is 2. The number of amides is 1. The number of aromatic nitrogens is 2. The van der Waals surface area contributed by atoms with Crippen LogP contribution in [0.2, 0.25) is 0 Å². The van der Waals surface area contributed by atoms with Gasteiger partial charge in [0.25, 0.3) is 5.91 Å². The van der Waals surface area contributed by atoms with E-state index in [1.807, 2.05) is 30.3 Å². The Hall–Kier alpha value is -2.80. The quantitative estimate of drug-likeness (QED) is 0.768. The lowest BCUT2D eigenvalue weighted by Gasteiger charge is -1.98. The van der Waals surface area contributed by atoms with Crippen molar-refractivity contribution in [1.29, 1.82) is 0 Å². The second kappa shape index (κ2) is 6.76. The first-order chi connectivity index (χ1) is 11.5. The molecular weight excluding hydrogens is 326 g/mol. The SMILES string of the molecule is CC(=O)Cc1nsc(NC(=O)c2cc(-c3ccccc3)oc2C)n1. The number of hydrogen-bond acceptors (Lipinski definition) is 6. The number of aryl methyl sites for hydroxylation is 1. The van der Waals surface area contributed by atoms with E-state index in [1.165, 1.54) is 6.92 Å². The molecule has 0 fully saturated rings. The highest BCUT2D eigenvalue weighted by Crippen LogP contribution is 2.26. The predicted molar refractivity (Wildman–Crippen MR) is 91.1 cm³/mol. The van der Waals surface area contributed by atoms with Gasteiger partial charge in [-0.3, -0.25) is 14.9 Å². The van der Waals surface area contributed by atoms with E-state index >= 15 is 0 Å². The number of hydrogen-bond donors (Lipinski definition) is 1. The third kappa shape index (κ3) is 3.57. The van der Waals surface area contributed by atoms with Crippen molar-refractivity contribution in [2.45, 2.75) is 20.3 Å². The minimum absolute atomic E-state index is 0.0242. The Morgan fingerprint density at radius 2 is 2.00 bits per heavy atom. The molecule has 0 aliphatic rings. The van der Waals surface area contributed by atoms with Crippen LogP contribution < -0.4 is 5.32 Å². The zero-order valence-electron chi connectivity index (χ0n) is 13.2. The molecule has 24 heavy (non-hydrogen) atoms. The van der Waals surface area contributed by atoms with E-state index in [9.17, 15) is 9.59 Å². The highest BCUT2D eigenvalue weighted by Gasteiger charge is 2.17. The zero-order chi connectivity index (χ0) is 17.1. The Morgan fingerprint density at radius 1 is 1.25 bits per heavy atom. The smallest absolute Gasteiger partial charge is 0.261 e. The predicted octanol–water partition coefficient (Wildman–Crippen LogP) is 3.49. The normalized spacial score (nSPS) is 10.6. The third-order valence-electron chi connectivity index (χ3n) is 3.32. The lowest BCUT2D eigenvalue weighted by molar-refractivity contribution is -0.116. The molecular formula is C17H15N3O3S. The van der Waals surface area contributed by atoms with Gasteiger partial charge in [0.15, 0.2) is 5.82 Å². The van der Waals surface area contributed by atoms with E-state index in [0.29, 0.717) is 28.0 Å². The van der Waals surface area contributed by atoms with Gasteiger partial charge >= 0.3 is 0 Å². The van der Waals surface area contributed by atoms with Crippen LogP contribution in [0.15, 0.2) is 40.8 Å². The molecule has 0 saturated carbocycles. The summed E-state index contributed by atoms with van der Waals surface area (Å²) in [6, 6.07) is 11.3. The molecule has 1 amide bonds. The average molecular weight is 341 g/mol. The number of nitrogens with one attached hydrogen (secondary N) is 1. The first-order valence-corrected chi connectivity index (χ1v) is 8.09. The van der Waals surface area contributed by atoms with Crippen LogP contribution in [0.25, 0.3) is 11.3 Å². The van der Waals surface area contributed by atoms with Crippen LogP contribution >= 0.6 is 11.5 Å². The summed E-state index contributed by atoms with van der Waals surface area (Å²) in [5, 5.41) is 3.05. The highest BCUT2D eigenvalue weighted by molar-refractivity contribution is 7.09. The van der Waals surface area contributed by atoms with Crippen LogP contribution in [-0.2, 0) is 11.2 Å². The van der Waals surface area contributed by atoms with Crippen LogP contribution in [0.3, 0.4) is 0 Å². The van der Waals surface area contributed by atoms with Crippen molar-refractivity contribution in [3.63, 3.8) is 0 Å². The van der Waals surface area contributed by atoms with Gasteiger partial charge in [-0.2, -0.15) is 4.37 Å². The second-order valence-corrected chi connectivity index (χ2v) is 6.05. The maximum absolute atomic E-state index is 12.4. The molecule has 1 aromatic carbocycles. The van der Waals surface area contributed by atoms with Crippen LogP contribution in [0.5, 0.6) is 0 Å². The van der Waals surface area contributed by atoms with Crippen LogP contribution in [-0.4, -0.2) is 21.0 Å². The minimum Gasteiger partial charge on any atom is -0.461 e. The Morgan fingerprint density at radius 3 is 2.71 bits per heavy atom. The number of nitrogens with zero attached hydrogens (tertiary/aromatic N) is 2. The fourth-order valence-corrected chi connectivity index (χ4v) is 2.80. The molecule has 0 unspecified atom stereocenters. The summed E-state index contributed by atoms with van der Waals surface area (Å²) >= 11 is 1.05. The molecule has 3 rings (SSSR count). The fourth-order valence-electron chi connectivity index (χ4n) is 2.22. The number of anilines is 1. The van der Waals surface area contributed by atoms with Gasteiger partial charge in [-0.15, -0.1) is 0 Å². The molecule has 0 atom stereocenters. The standard InChI is InChI=1S/C17H15N3O3S/c1-10(21)8-15-18-17(24-20-15)19-16(22)13-9-14(23-11(13)2)12-6-4-3-5-7-12/h3-7,9H,8H2,1-2H3,(H,18,19,20,22). The van der Waals surface area contributed by atoms with Gasteiger partial charge in [-0.1, -0.05) is 30.3 Å². The first-order valence-electron chi connectivity index (χ1n) is 7.32. The second-order valence-electron chi connectivity index (χ2n) is 5.30. The minimum atomic E-state index is -0.316. The lowest BCUT2D eigenvalue weighted by atomic mass is 10.1. The number of furan rings is 1. The molecule has 0 aliphatic heterocycles. The van der Waals surface area contributed by atoms with E-state index in [-0.39, 0.29) is 18.1 Å². The summed E-state index contributed by atoms with van der Waals surface area (Å²) in [5.74, 6) is 1.23. The van der Waals surface area contributed by atoms with Gasteiger partial charge < -0.3 is 4.42 Å². The van der Waals surface area contributed by atoms with E-state index in [4.69, 9.17) is 4.42 Å². The van der Waals surface area contributed by atoms with E-state index < -0.39 is 0 Å². The maximum Gasteiger partial charge on any atom is 0.261 e. The molecule has 6 nitrogen and oxygen atoms in total. The van der Waals surface area contributed by atoms with Crippen molar-refractivity contribution in [2.75, 3.05) is 5.32 Å². The number of Topliss-reactive ketones (excluding diaryl/α,β-unsaturated/α-hetero) is 1. The fraction of sp³-hybridized carbons (Fsp3) is 0.176. The van der Waals surface area contributed by atoms with E-state index in [1.54, 1.807) is 13.0 Å². The molecule has 2 heterocycles. The molecule has 3 aromatic rings. The van der Waals surface area contributed by atoms with Crippen molar-refractivity contribution in [3.05, 3.63) is 53.5 Å². The van der Waals surface area contributed by atoms with Gasteiger partial charge in [0.2, 0.25) is 5.13 Å². The van der Waals surface area contributed by atoms with Gasteiger partial charge in [0, 0.05) is 17.1 Å². The van der Waals surface area contributed by atoms with Crippen molar-refractivity contribution in [1.82, 2.24) is 9.36 Å². The molecule has 122 valence electrons. The molecule has 7 heteroatoms. The van der Waals surface area contributed by atoms with Crippen molar-refractivity contribution in [3.8, 4) is 11.3 Å². The average Bonchev–Trinajstić information content (AvgIpc) is 3.14. The third-order valence-corrected chi connectivity index (χ3v) is 3.98. The van der Waals surface area contributed by atoms with Crippen LogP contribution in [0, 0.1) is 6.92 Å². The zero-order valence-corrected chi connectivity index (χ0v) is 14.0. The molecule has 0 bridgehead atoms. The number of ketones is 1. The number of benzene rings is 1. The van der Waals surface area contributed by atoms with Gasteiger partial charge in [0.1, 0.15) is 17.3 Å². The van der Waals surface area contributed by atoms with Crippen LogP contribution in [0.1, 0.15) is 28.9 Å². The molecule has 0 aliphatic carbocycles. The molecule has 0 spiro atoms. The Labute approximate surface area is 142 Å². The molecule has 0 radical (unpaired) electrons. The lowest BCUT2D eigenvalue weighted by Crippen LogP contribution is -2.12. The summed E-state index contributed by atoms with van der Waals surface area (Å²) < 4.78 is 9.73. The summed E-state index contributed by atoms with van der Waals surface area (Å²) in [4.78, 5) is 27.6. The summed E-state index contributed by atoms with van der Waals surface area (Å²) in [6.07, 6.45) is 0.162. The van der Waals surface area contributed by atoms with Crippen molar-refractivity contribution in [2.24, 2.45) is 0 Å². The molecule has 1 N–H and O–H groups in total. The van der Waals surface area contributed by atoms with Gasteiger partial charge in [-0.25, -0.2) is 4.98 Å². The summed E-state index contributed by atoms with van der Waals surface area (Å²) in [7, 11) is 0. The Balaban J connectivity index is 1.77. The number of carbonyl (C=O) groups excluding carboxylic acids is 2. The van der Waals surface area contributed by atoms with Crippen molar-refractivity contribution >= 4 is 28.4 Å². The van der Waals surface area contributed by atoms with Crippen molar-refractivity contribution < 1.29 is 14.0 Å². The van der Waals surface area contributed by atoms with E-state index in [2.05, 4.69) is 14.7 Å². The Bertz CT molecular complexity index is 884. The first kappa shape index (κ1) is 16.1. The monoisotopic (exact) mass is 341 g/mol. The largest absolute Gasteiger partial charge is 0.461 e. The summed E-state index contributed by atoms with van der Waals surface area (Å²) in [5.41, 5.74) is 1.34. The molecule has 2 aromatic heterocycles. The molecule has 0 saturated heterocycles. The van der Waals surface area contributed by atoms with Crippen LogP contribution in [0.4, 0.5) is 5.13 Å². The maximum atomic E-state index is 12.4. The summed E-state index contributed by atoms with van der Waals surface area (Å²) in [6.45, 7) is 3.21. The topological polar surface area (TPSA) is 85.1 Å². The van der Waals surface area contributed by atoms with Gasteiger partial charge in [0.05, 0.1) is 12.0 Å². The number of rotatable bonds is 5. The van der Waals surface area contributed by atoms with E-state index in [0.717, 1.165) is 17.1 Å².